The van der Waals surface area contributed by atoms with Crippen LogP contribution in [0.2, 0.25) is 0 Å². The van der Waals surface area contributed by atoms with Gasteiger partial charge < -0.3 is 10.1 Å². The van der Waals surface area contributed by atoms with Gasteiger partial charge in [0.05, 0.1) is 0 Å². The number of benzene rings is 2. The van der Waals surface area contributed by atoms with E-state index in [1.165, 1.54) is 5.56 Å². The lowest BCUT2D eigenvalue weighted by molar-refractivity contribution is -0.123. The second-order valence-corrected chi connectivity index (χ2v) is 4.76. The first kappa shape index (κ1) is 14.1. The number of carbonyl (C=O) groups excluding carboxylic acids is 1. The van der Waals surface area contributed by atoms with Crippen LogP contribution in [0.15, 0.2) is 48.5 Å². The molecule has 0 fully saturated rings. The molecule has 3 nitrogen and oxygen atoms in total. The van der Waals surface area contributed by atoms with Gasteiger partial charge in [-0.1, -0.05) is 42.5 Å². The van der Waals surface area contributed by atoms with Gasteiger partial charge in [0.25, 0.3) is 5.91 Å². The van der Waals surface area contributed by atoms with Crippen LogP contribution in [0.4, 0.5) is 0 Å². The average molecular weight is 269 g/mol. The number of nitrogens with one attached hydrogen (secondary N) is 1. The van der Waals surface area contributed by atoms with E-state index in [0.717, 1.165) is 16.9 Å². The van der Waals surface area contributed by atoms with Crippen molar-refractivity contribution in [2.24, 2.45) is 0 Å². The number of hydrogen-bond donors (Lipinski definition) is 1. The predicted molar refractivity (Wildman–Crippen MR) is 79.7 cm³/mol. The molecule has 104 valence electrons. The van der Waals surface area contributed by atoms with Gasteiger partial charge in [0, 0.05) is 6.54 Å². The maximum Gasteiger partial charge on any atom is 0.258 e. The Labute approximate surface area is 119 Å². The van der Waals surface area contributed by atoms with Crippen molar-refractivity contribution < 1.29 is 9.53 Å². The van der Waals surface area contributed by atoms with E-state index in [1.54, 1.807) is 0 Å². The number of carbonyl (C=O) groups is 1. The van der Waals surface area contributed by atoms with Gasteiger partial charge in [-0.15, -0.1) is 0 Å². The Balaban J connectivity index is 1.82. The molecule has 0 saturated heterocycles. The maximum absolute atomic E-state index is 11.8. The van der Waals surface area contributed by atoms with Crippen LogP contribution in [0.25, 0.3) is 0 Å². The SMILES string of the molecule is Cc1ccccc1CNC(=O)COc1ccccc1C. The van der Waals surface area contributed by atoms with Crippen LogP contribution in [0.5, 0.6) is 5.75 Å². The van der Waals surface area contributed by atoms with E-state index in [-0.39, 0.29) is 12.5 Å². The molecular formula is C17H19NO2. The van der Waals surface area contributed by atoms with Gasteiger partial charge in [-0.2, -0.15) is 0 Å². The van der Waals surface area contributed by atoms with Crippen molar-refractivity contribution in [1.29, 1.82) is 0 Å². The lowest BCUT2D eigenvalue weighted by Crippen LogP contribution is -2.28. The largest absolute Gasteiger partial charge is 0.484 e. The van der Waals surface area contributed by atoms with Crippen LogP contribution in [0.1, 0.15) is 16.7 Å². The molecule has 0 aliphatic rings. The Morgan fingerprint density at radius 3 is 2.35 bits per heavy atom. The summed E-state index contributed by atoms with van der Waals surface area (Å²) in [4.78, 5) is 11.8. The van der Waals surface area contributed by atoms with E-state index in [9.17, 15) is 4.79 Å². The summed E-state index contributed by atoms with van der Waals surface area (Å²) in [5.74, 6) is 0.634. The topological polar surface area (TPSA) is 38.3 Å². The number of ether oxygens (including phenoxy) is 1. The zero-order valence-electron chi connectivity index (χ0n) is 11.8. The molecule has 0 bridgehead atoms. The quantitative estimate of drug-likeness (QED) is 0.906. The summed E-state index contributed by atoms with van der Waals surface area (Å²) < 4.78 is 5.51. The molecule has 20 heavy (non-hydrogen) atoms. The maximum atomic E-state index is 11.8. The van der Waals surface area contributed by atoms with E-state index in [4.69, 9.17) is 4.74 Å². The van der Waals surface area contributed by atoms with Gasteiger partial charge in [0.2, 0.25) is 0 Å². The molecule has 1 amide bonds. The standard InChI is InChI=1S/C17H19NO2/c1-13-7-3-5-9-15(13)11-18-17(19)12-20-16-10-6-4-8-14(16)2/h3-10H,11-12H2,1-2H3,(H,18,19). The minimum atomic E-state index is -0.114. The highest BCUT2D eigenvalue weighted by atomic mass is 16.5. The van der Waals surface area contributed by atoms with Gasteiger partial charge in [0.1, 0.15) is 5.75 Å². The molecular weight excluding hydrogens is 250 g/mol. The molecule has 1 N–H and O–H groups in total. The summed E-state index contributed by atoms with van der Waals surface area (Å²) in [5.41, 5.74) is 3.32. The molecule has 3 heteroatoms. The number of rotatable bonds is 5. The molecule has 2 rings (SSSR count). The van der Waals surface area contributed by atoms with Gasteiger partial charge in [-0.25, -0.2) is 0 Å². The molecule has 0 radical (unpaired) electrons. The molecule has 0 aliphatic carbocycles. The molecule has 0 unspecified atom stereocenters. The first-order chi connectivity index (χ1) is 9.66. The second kappa shape index (κ2) is 6.75. The van der Waals surface area contributed by atoms with Gasteiger partial charge in [-0.3, -0.25) is 4.79 Å². The third kappa shape index (κ3) is 3.85. The smallest absolute Gasteiger partial charge is 0.258 e. The van der Waals surface area contributed by atoms with Gasteiger partial charge >= 0.3 is 0 Å². The lowest BCUT2D eigenvalue weighted by atomic mass is 10.1. The Morgan fingerprint density at radius 1 is 1.00 bits per heavy atom. The number of para-hydroxylation sites is 1. The summed E-state index contributed by atoms with van der Waals surface area (Å²) in [7, 11) is 0. The van der Waals surface area contributed by atoms with Crippen LogP contribution >= 0.6 is 0 Å². The summed E-state index contributed by atoms with van der Waals surface area (Å²) in [6.45, 7) is 4.56. The highest BCUT2D eigenvalue weighted by Crippen LogP contribution is 2.15. The Morgan fingerprint density at radius 2 is 1.65 bits per heavy atom. The normalized spacial score (nSPS) is 10.1. The average Bonchev–Trinajstić information content (AvgIpc) is 2.45. The number of aryl methyl sites for hydroxylation is 2. The first-order valence-corrected chi connectivity index (χ1v) is 6.66. The van der Waals surface area contributed by atoms with Crippen molar-refractivity contribution in [2.75, 3.05) is 6.61 Å². The highest BCUT2D eigenvalue weighted by molar-refractivity contribution is 5.77. The highest BCUT2D eigenvalue weighted by Gasteiger charge is 2.05. The van der Waals surface area contributed by atoms with E-state index in [1.807, 2.05) is 62.4 Å². The van der Waals surface area contributed by atoms with E-state index in [0.29, 0.717) is 6.54 Å². The van der Waals surface area contributed by atoms with Crippen LogP contribution in [-0.2, 0) is 11.3 Å². The fourth-order valence-corrected chi connectivity index (χ4v) is 1.91. The van der Waals surface area contributed by atoms with Crippen molar-refractivity contribution in [2.45, 2.75) is 20.4 Å². The molecule has 2 aromatic carbocycles. The molecule has 0 heterocycles. The van der Waals surface area contributed by atoms with Gasteiger partial charge in [-0.05, 0) is 36.6 Å². The van der Waals surface area contributed by atoms with Crippen LogP contribution in [-0.4, -0.2) is 12.5 Å². The molecule has 0 atom stereocenters. The van der Waals surface area contributed by atoms with Crippen LogP contribution in [0, 0.1) is 13.8 Å². The Hall–Kier alpha value is -2.29. The summed E-state index contributed by atoms with van der Waals surface area (Å²) in [6.07, 6.45) is 0. The summed E-state index contributed by atoms with van der Waals surface area (Å²) >= 11 is 0. The fourth-order valence-electron chi connectivity index (χ4n) is 1.91. The number of hydrogen-bond acceptors (Lipinski definition) is 2. The van der Waals surface area contributed by atoms with Crippen molar-refractivity contribution in [3.05, 3.63) is 65.2 Å². The minimum absolute atomic E-state index is 0.0384. The molecule has 0 saturated carbocycles. The minimum Gasteiger partial charge on any atom is -0.484 e. The third-order valence-electron chi connectivity index (χ3n) is 3.19. The molecule has 0 aliphatic heterocycles. The third-order valence-corrected chi connectivity index (χ3v) is 3.19. The molecule has 0 spiro atoms. The lowest BCUT2D eigenvalue weighted by Gasteiger charge is -2.10. The van der Waals surface area contributed by atoms with Crippen LogP contribution < -0.4 is 10.1 Å². The van der Waals surface area contributed by atoms with Gasteiger partial charge in [0.15, 0.2) is 6.61 Å². The van der Waals surface area contributed by atoms with Crippen LogP contribution in [0.3, 0.4) is 0 Å². The zero-order valence-corrected chi connectivity index (χ0v) is 11.8. The monoisotopic (exact) mass is 269 g/mol. The van der Waals surface area contributed by atoms with Crippen molar-refractivity contribution in [3.63, 3.8) is 0 Å². The molecule has 0 aromatic heterocycles. The van der Waals surface area contributed by atoms with Crippen molar-refractivity contribution >= 4 is 5.91 Å². The Kier molecular flexibility index (Phi) is 4.77. The van der Waals surface area contributed by atoms with E-state index < -0.39 is 0 Å². The zero-order chi connectivity index (χ0) is 14.4. The van der Waals surface area contributed by atoms with Crippen molar-refractivity contribution in [3.8, 4) is 5.75 Å². The van der Waals surface area contributed by atoms with E-state index >= 15 is 0 Å². The fraction of sp³-hybridized carbons (Fsp3) is 0.235. The summed E-state index contributed by atoms with van der Waals surface area (Å²) in [6, 6.07) is 15.7. The first-order valence-electron chi connectivity index (χ1n) is 6.66. The predicted octanol–water partition coefficient (Wildman–Crippen LogP) is 3.00. The Bertz CT molecular complexity index is 542. The molecule has 2 aromatic rings. The van der Waals surface area contributed by atoms with Crippen molar-refractivity contribution in [1.82, 2.24) is 5.32 Å². The summed E-state index contributed by atoms with van der Waals surface area (Å²) in [5, 5.41) is 2.87. The van der Waals surface area contributed by atoms with E-state index in [2.05, 4.69) is 5.32 Å². The second-order valence-electron chi connectivity index (χ2n) is 4.76. The number of amides is 1.